The van der Waals surface area contributed by atoms with E-state index in [0.717, 1.165) is 0 Å². The molecule has 0 aliphatic rings. The molecule has 0 aliphatic heterocycles. The van der Waals surface area contributed by atoms with Crippen LogP contribution in [0.3, 0.4) is 0 Å². The maximum atomic E-state index is 13.4. The maximum Gasteiger partial charge on any atom is 0.312 e. The fourth-order valence-electron chi connectivity index (χ4n) is 4.51. The topological polar surface area (TPSA) is 232 Å². The Morgan fingerprint density at radius 2 is 1.26 bits per heavy atom. The summed E-state index contributed by atoms with van der Waals surface area (Å²) in [7, 11) is 0. The number of aliphatic hydroxyl groups is 1. The van der Waals surface area contributed by atoms with Gasteiger partial charge in [0.15, 0.2) is 5.78 Å². The summed E-state index contributed by atoms with van der Waals surface area (Å²) in [5.41, 5.74) is 11.7. The summed E-state index contributed by atoms with van der Waals surface area (Å²) in [5, 5.41) is 17.4. The summed E-state index contributed by atoms with van der Waals surface area (Å²) in [6, 6.07) is 5.24. The number of urea groups is 1. The van der Waals surface area contributed by atoms with E-state index in [1.165, 1.54) is 0 Å². The van der Waals surface area contributed by atoms with E-state index >= 15 is 0 Å². The molecular formula is C34H59N5O11. The third-order valence-electron chi connectivity index (χ3n) is 7.18. The number of amides is 4. The summed E-state index contributed by atoms with van der Waals surface area (Å²) >= 11 is 0. The van der Waals surface area contributed by atoms with Gasteiger partial charge in [-0.1, -0.05) is 26.0 Å². The summed E-state index contributed by atoms with van der Waals surface area (Å²) in [5.74, 6) is -1.90. The molecule has 8 N–H and O–H groups in total. The number of anilines is 1. The Morgan fingerprint density at radius 1 is 0.760 bits per heavy atom. The molecule has 50 heavy (non-hydrogen) atoms. The van der Waals surface area contributed by atoms with Crippen LogP contribution in [0.25, 0.3) is 0 Å². The Morgan fingerprint density at radius 3 is 1.72 bits per heavy atom. The summed E-state index contributed by atoms with van der Waals surface area (Å²) < 4.78 is 32.4. The van der Waals surface area contributed by atoms with Crippen molar-refractivity contribution in [3.8, 4) is 0 Å². The number of rotatable bonds is 32. The van der Waals surface area contributed by atoms with Gasteiger partial charge in [-0.05, 0) is 36.5 Å². The Labute approximate surface area is 295 Å². The van der Waals surface area contributed by atoms with Gasteiger partial charge in [0, 0.05) is 37.5 Å². The molecule has 0 aromatic heterocycles. The minimum atomic E-state index is -0.792. The number of ether oxygens (including phenoxy) is 6. The molecular weight excluding hydrogens is 654 g/mol. The molecule has 1 rings (SSSR count). The number of hydrogen-bond donors (Lipinski definition) is 6. The van der Waals surface area contributed by atoms with E-state index in [4.69, 9.17) is 39.9 Å². The molecule has 0 spiro atoms. The van der Waals surface area contributed by atoms with E-state index in [2.05, 4.69) is 16.0 Å². The van der Waals surface area contributed by atoms with Gasteiger partial charge in [-0.3, -0.25) is 14.4 Å². The molecule has 1 aromatic carbocycles. The van der Waals surface area contributed by atoms with Crippen LogP contribution in [0.2, 0.25) is 0 Å². The zero-order valence-electron chi connectivity index (χ0n) is 29.7. The van der Waals surface area contributed by atoms with Crippen molar-refractivity contribution in [2.45, 2.75) is 52.2 Å². The lowest BCUT2D eigenvalue weighted by Gasteiger charge is -2.24. The molecule has 16 nitrogen and oxygen atoms in total. The van der Waals surface area contributed by atoms with E-state index in [9.17, 15) is 24.3 Å². The Kier molecular flexibility index (Phi) is 26.4. The van der Waals surface area contributed by atoms with Gasteiger partial charge in [-0.15, -0.1) is 0 Å². The van der Waals surface area contributed by atoms with Crippen LogP contribution in [0.5, 0.6) is 0 Å². The van der Waals surface area contributed by atoms with Crippen molar-refractivity contribution in [1.29, 1.82) is 0 Å². The molecule has 0 saturated heterocycles. The van der Waals surface area contributed by atoms with Crippen LogP contribution in [0.4, 0.5) is 10.5 Å². The quantitative estimate of drug-likeness (QED) is 0.0568. The number of Topliss-reactive ketones (excluding diaryl/α,β-unsaturated/α-hetero) is 1. The SMILES string of the molecule is CC(C)[C@H](NC(=O)CCOCCOCCOCCOCCOCCOCCN)C(=O)C[C@@H](CCCNC(N)=O)C(=O)Nc1ccc(CO)cc1. The van der Waals surface area contributed by atoms with Gasteiger partial charge in [0.05, 0.1) is 91.9 Å². The average Bonchev–Trinajstić information content (AvgIpc) is 3.09. The number of carbonyl (C=O) groups is 4. The first-order valence-corrected chi connectivity index (χ1v) is 17.2. The lowest BCUT2D eigenvalue weighted by molar-refractivity contribution is -0.131. The zero-order chi connectivity index (χ0) is 36.8. The highest BCUT2D eigenvalue weighted by molar-refractivity contribution is 5.97. The predicted octanol–water partition coefficient (Wildman–Crippen LogP) is 0.731. The van der Waals surface area contributed by atoms with E-state index in [1.807, 2.05) is 13.8 Å². The second-order valence-electron chi connectivity index (χ2n) is 11.6. The fourth-order valence-corrected chi connectivity index (χ4v) is 4.51. The number of nitrogens with two attached hydrogens (primary N) is 2. The van der Waals surface area contributed by atoms with E-state index < -0.39 is 18.0 Å². The molecule has 0 bridgehead atoms. The third kappa shape index (κ3) is 23.2. The minimum absolute atomic E-state index is 0.0548. The number of aliphatic hydroxyl groups excluding tert-OH is 1. The van der Waals surface area contributed by atoms with Crippen LogP contribution in [-0.4, -0.2) is 127 Å². The highest BCUT2D eigenvalue weighted by Gasteiger charge is 2.29. The lowest BCUT2D eigenvalue weighted by Crippen LogP contribution is -2.45. The van der Waals surface area contributed by atoms with Crippen LogP contribution >= 0.6 is 0 Å². The standard InChI is InChI=1S/C34H59N5O11/c1-26(2)32(30(41)24-28(4-3-11-37-34(36)44)33(43)38-29-7-5-27(25-40)6-8-29)39-31(42)9-12-45-14-16-47-18-20-49-22-23-50-21-19-48-17-15-46-13-10-35/h5-8,26,28,32,40H,3-4,9-25,35H2,1-2H3,(H,38,43)(H,39,42)(H3,36,37,44)/t28-,32+/m1/s1. The zero-order valence-corrected chi connectivity index (χ0v) is 29.7. The van der Waals surface area contributed by atoms with E-state index in [-0.39, 0.29) is 56.1 Å². The molecule has 2 atom stereocenters. The minimum Gasteiger partial charge on any atom is -0.392 e. The van der Waals surface area contributed by atoms with Gasteiger partial charge in [0.2, 0.25) is 11.8 Å². The number of benzene rings is 1. The molecule has 0 aliphatic carbocycles. The predicted molar refractivity (Wildman–Crippen MR) is 186 cm³/mol. The monoisotopic (exact) mass is 713 g/mol. The molecule has 0 unspecified atom stereocenters. The van der Waals surface area contributed by atoms with Gasteiger partial charge in [-0.25, -0.2) is 4.79 Å². The van der Waals surface area contributed by atoms with Crippen LogP contribution in [0.1, 0.15) is 45.1 Å². The van der Waals surface area contributed by atoms with Crippen LogP contribution in [-0.2, 0) is 49.4 Å². The first kappa shape index (κ1) is 44.8. The summed E-state index contributed by atoms with van der Waals surface area (Å²) in [6.07, 6.45) is 0.681. The van der Waals surface area contributed by atoms with Gasteiger partial charge < -0.3 is 60.9 Å². The third-order valence-corrected chi connectivity index (χ3v) is 7.18. The van der Waals surface area contributed by atoms with Gasteiger partial charge in [0.1, 0.15) is 0 Å². The smallest absolute Gasteiger partial charge is 0.312 e. The van der Waals surface area contributed by atoms with E-state index in [0.29, 0.717) is 103 Å². The molecule has 0 heterocycles. The van der Waals surface area contributed by atoms with Gasteiger partial charge >= 0.3 is 6.03 Å². The number of nitrogens with one attached hydrogen (secondary N) is 3. The first-order valence-electron chi connectivity index (χ1n) is 17.2. The van der Waals surface area contributed by atoms with Crippen molar-refractivity contribution < 1.29 is 52.7 Å². The number of carbonyl (C=O) groups excluding carboxylic acids is 4. The number of primary amides is 1. The highest BCUT2D eigenvalue weighted by atomic mass is 16.6. The normalized spacial score (nSPS) is 12.4. The average molecular weight is 714 g/mol. The molecule has 16 heteroatoms. The van der Waals surface area contributed by atoms with Gasteiger partial charge in [-0.2, -0.15) is 0 Å². The van der Waals surface area contributed by atoms with Crippen LogP contribution in [0.15, 0.2) is 24.3 Å². The Balaban J connectivity index is 2.31. The molecule has 1 aromatic rings. The number of hydrogen-bond acceptors (Lipinski definition) is 12. The van der Waals surface area contributed by atoms with Crippen molar-refractivity contribution >= 4 is 29.3 Å². The van der Waals surface area contributed by atoms with Gasteiger partial charge in [0.25, 0.3) is 0 Å². The Bertz CT molecular complexity index is 1060. The molecule has 4 amide bonds. The second-order valence-corrected chi connectivity index (χ2v) is 11.6. The first-order chi connectivity index (χ1) is 24.2. The highest BCUT2D eigenvalue weighted by Crippen LogP contribution is 2.19. The maximum absolute atomic E-state index is 13.4. The van der Waals surface area contributed by atoms with Crippen LogP contribution < -0.4 is 27.4 Å². The van der Waals surface area contributed by atoms with E-state index in [1.54, 1.807) is 24.3 Å². The van der Waals surface area contributed by atoms with Crippen molar-refractivity contribution in [2.24, 2.45) is 23.3 Å². The lowest BCUT2D eigenvalue weighted by atomic mass is 9.89. The number of ketones is 1. The van der Waals surface area contributed by atoms with Crippen molar-refractivity contribution in [3.63, 3.8) is 0 Å². The second kappa shape index (κ2) is 29.5. The molecule has 286 valence electrons. The molecule has 0 fully saturated rings. The Hall–Kier alpha value is -3.22. The summed E-state index contributed by atoms with van der Waals surface area (Å²) in [6.45, 7) is 9.26. The largest absolute Gasteiger partial charge is 0.392 e. The van der Waals surface area contributed by atoms with Crippen molar-refractivity contribution in [1.82, 2.24) is 10.6 Å². The molecule has 0 radical (unpaired) electrons. The molecule has 0 saturated carbocycles. The summed E-state index contributed by atoms with van der Waals surface area (Å²) in [4.78, 5) is 50.3. The van der Waals surface area contributed by atoms with Crippen molar-refractivity contribution in [2.75, 3.05) is 97.7 Å². The van der Waals surface area contributed by atoms with Crippen molar-refractivity contribution in [3.05, 3.63) is 29.8 Å². The van der Waals surface area contributed by atoms with Crippen LogP contribution in [0, 0.1) is 11.8 Å². The fraction of sp³-hybridized carbons (Fsp3) is 0.706.